The van der Waals surface area contributed by atoms with Gasteiger partial charge in [-0.2, -0.15) is 5.10 Å². The van der Waals surface area contributed by atoms with Crippen LogP contribution in [0.25, 0.3) is 23.0 Å². The largest absolute Gasteiger partial charge is 0.394 e. The van der Waals surface area contributed by atoms with Gasteiger partial charge in [0, 0.05) is 30.2 Å². The molecule has 166 valence electrons. The summed E-state index contributed by atoms with van der Waals surface area (Å²) in [6.07, 6.45) is 6.21. The number of benzene rings is 2. The van der Waals surface area contributed by atoms with Crippen LogP contribution in [0.15, 0.2) is 72.9 Å². The molecule has 0 bridgehead atoms. The normalized spacial score (nSPS) is 11.6. The molecule has 0 saturated heterocycles. The van der Waals surface area contributed by atoms with E-state index in [2.05, 4.69) is 5.32 Å². The molecular weight excluding hydrogens is 402 g/mol. The van der Waals surface area contributed by atoms with E-state index in [1.807, 2.05) is 66.9 Å². The average molecular weight is 432 g/mol. The summed E-state index contributed by atoms with van der Waals surface area (Å²) in [6, 6.07) is 19.7. The van der Waals surface area contributed by atoms with E-state index in [0.717, 1.165) is 22.5 Å². The van der Waals surface area contributed by atoms with E-state index in [1.54, 1.807) is 30.7 Å². The quantitative estimate of drug-likeness (QED) is 0.472. The first-order valence-corrected chi connectivity index (χ1v) is 10.7. The lowest BCUT2D eigenvalue weighted by Crippen LogP contribution is -2.46. The van der Waals surface area contributed by atoms with E-state index in [9.17, 15) is 14.7 Å². The second-order valence-electron chi connectivity index (χ2n) is 8.32. The smallest absolute Gasteiger partial charge is 0.220 e. The highest BCUT2D eigenvalue weighted by molar-refractivity contribution is 5.94. The zero-order valence-electron chi connectivity index (χ0n) is 18.5. The molecule has 1 aromatic heterocycles. The Morgan fingerprint density at radius 2 is 1.69 bits per heavy atom. The highest BCUT2D eigenvalue weighted by Gasteiger charge is 2.18. The second kappa shape index (κ2) is 10.7. The minimum atomic E-state index is -0.659. The molecule has 0 atom stereocenters. The molecule has 0 aliphatic rings. The van der Waals surface area contributed by atoms with Crippen molar-refractivity contribution >= 4 is 17.8 Å². The van der Waals surface area contributed by atoms with Crippen LogP contribution < -0.4 is 5.32 Å². The van der Waals surface area contributed by atoms with Crippen LogP contribution in [0, 0.1) is 0 Å². The van der Waals surface area contributed by atoms with Crippen LogP contribution >= 0.6 is 0 Å². The third-order valence-corrected chi connectivity index (χ3v) is 4.96. The molecule has 2 N–H and O–H groups in total. The van der Waals surface area contributed by atoms with Crippen molar-refractivity contribution < 1.29 is 14.7 Å². The minimum Gasteiger partial charge on any atom is -0.394 e. The zero-order valence-corrected chi connectivity index (χ0v) is 18.5. The first kappa shape index (κ1) is 23.2. The fourth-order valence-electron chi connectivity index (χ4n) is 3.21. The number of carbonyl (C=O) groups is 2. The summed E-state index contributed by atoms with van der Waals surface area (Å²) in [4.78, 5) is 24.3. The Kier molecular flexibility index (Phi) is 7.73. The van der Waals surface area contributed by atoms with E-state index in [4.69, 9.17) is 5.10 Å². The fourth-order valence-corrected chi connectivity index (χ4v) is 3.21. The van der Waals surface area contributed by atoms with Gasteiger partial charge in [-0.25, -0.2) is 4.68 Å². The van der Waals surface area contributed by atoms with Gasteiger partial charge in [-0.15, -0.1) is 0 Å². The van der Waals surface area contributed by atoms with Crippen LogP contribution in [0.4, 0.5) is 0 Å². The molecule has 1 amide bonds. The van der Waals surface area contributed by atoms with Gasteiger partial charge in [0.25, 0.3) is 0 Å². The molecule has 3 aromatic rings. The van der Waals surface area contributed by atoms with E-state index in [0.29, 0.717) is 6.42 Å². The number of aromatic nitrogens is 2. The van der Waals surface area contributed by atoms with Crippen molar-refractivity contribution in [1.82, 2.24) is 15.1 Å². The lowest BCUT2D eigenvalue weighted by atomic mass is 10.1. The van der Waals surface area contributed by atoms with Crippen molar-refractivity contribution in [2.75, 3.05) is 6.61 Å². The van der Waals surface area contributed by atoms with Crippen molar-refractivity contribution in [1.29, 1.82) is 0 Å². The van der Waals surface area contributed by atoms with E-state index in [1.165, 1.54) is 0 Å². The molecule has 3 rings (SSSR count). The molecule has 0 fully saturated rings. The first-order chi connectivity index (χ1) is 15.4. The first-order valence-electron chi connectivity index (χ1n) is 10.7. The number of rotatable bonds is 10. The van der Waals surface area contributed by atoms with Crippen LogP contribution in [0.3, 0.4) is 0 Å². The number of amides is 1. The van der Waals surface area contributed by atoms with Gasteiger partial charge in [-0.05, 0) is 44.6 Å². The van der Waals surface area contributed by atoms with Gasteiger partial charge in [0.15, 0.2) is 5.78 Å². The Morgan fingerprint density at radius 3 is 2.34 bits per heavy atom. The lowest BCUT2D eigenvalue weighted by Gasteiger charge is -2.23. The number of allylic oxidation sites excluding steroid dienone is 1. The van der Waals surface area contributed by atoms with E-state index in [-0.39, 0.29) is 31.1 Å². The SMILES string of the molecule is CC(C)(CO)NC(=O)CCCC(=O)/C=C/c1cn(-c2ccccc2)nc1-c1ccccc1. The van der Waals surface area contributed by atoms with Crippen molar-refractivity contribution in [2.24, 2.45) is 0 Å². The topological polar surface area (TPSA) is 84.2 Å². The molecule has 0 aliphatic heterocycles. The Bertz CT molecular complexity index is 1070. The minimum absolute atomic E-state index is 0.0503. The zero-order chi connectivity index (χ0) is 23.0. The standard InChI is InChI=1S/C26H29N3O3/c1-26(2,19-30)27-24(32)15-9-14-23(31)17-16-21-18-29(22-12-7-4-8-13-22)28-25(21)20-10-5-3-6-11-20/h3-8,10-13,16-18,30H,9,14-15,19H2,1-2H3,(H,27,32)/b17-16+. The number of nitrogens with one attached hydrogen (secondary N) is 1. The van der Waals surface area contributed by atoms with Crippen molar-refractivity contribution in [3.05, 3.63) is 78.5 Å². The van der Waals surface area contributed by atoms with Crippen LogP contribution in [-0.4, -0.2) is 38.7 Å². The summed E-state index contributed by atoms with van der Waals surface area (Å²) in [5.41, 5.74) is 2.89. The Labute approximate surface area is 188 Å². The highest BCUT2D eigenvalue weighted by Crippen LogP contribution is 2.24. The molecule has 0 aliphatic carbocycles. The number of carbonyl (C=O) groups excluding carboxylic acids is 2. The number of hydrogen-bond acceptors (Lipinski definition) is 4. The predicted molar refractivity (Wildman–Crippen MR) is 126 cm³/mol. The van der Waals surface area contributed by atoms with Crippen molar-refractivity contribution in [3.8, 4) is 16.9 Å². The maximum absolute atomic E-state index is 12.4. The predicted octanol–water partition coefficient (Wildman–Crippen LogP) is 4.18. The number of ketones is 1. The van der Waals surface area contributed by atoms with Gasteiger partial charge in [-0.3, -0.25) is 9.59 Å². The Morgan fingerprint density at radius 1 is 1.03 bits per heavy atom. The molecule has 0 saturated carbocycles. The lowest BCUT2D eigenvalue weighted by molar-refractivity contribution is -0.123. The molecule has 0 unspecified atom stereocenters. The third kappa shape index (κ3) is 6.49. The summed E-state index contributed by atoms with van der Waals surface area (Å²) in [5, 5.41) is 16.7. The molecule has 6 nitrogen and oxygen atoms in total. The van der Waals surface area contributed by atoms with Gasteiger partial charge >= 0.3 is 0 Å². The maximum atomic E-state index is 12.4. The van der Waals surface area contributed by atoms with Gasteiger partial charge in [0.05, 0.1) is 23.5 Å². The van der Waals surface area contributed by atoms with Crippen LogP contribution in [0.2, 0.25) is 0 Å². The molecule has 2 aromatic carbocycles. The average Bonchev–Trinajstić information content (AvgIpc) is 3.23. The van der Waals surface area contributed by atoms with Crippen LogP contribution in [-0.2, 0) is 9.59 Å². The van der Waals surface area contributed by atoms with Crippen molar-refractivity contribution in [2.45, 2.75) is 38.6 Å². The highest BCUT2D eigenvalue weighted by atomic mass is 16.3. The van der Waals surface area contributed by atoms with Gasteiger partial charge in [-0.1, -0.05) is 48.5 Å². The van der Waals surface area contributed by atoms with E-state index < -0.39 is 5.54 Å². The van der Waals surface area contributed by atoms with Gasteiger partial charge < -0.3 is 10.4 Å². The maximum Gasteiger partial charge on any atom is 0.220 e. The van der Waals surface area contributed by atoms with Crippen LogP contribution in [0.1, 0.15) is 38.7 Å². The summed E-state index contributed by atoms with van der Waals surface area (Å²) in [5.74, 6) is -0.220. The summed E-state index contributed by atoms with van der Waals surface area (Å²) >= 11 is 0. The number of para-hydroxylation sites is 1. The number of hydrogen-bond donors (Lipinski definition) is 2. The summed E-state index contributed by atoms with van der Waals surface area (Å²) < 4.78 is 1.81. The van der Waals surface area contributed by atoms with Crippen molar-refractivity contribution in [3.63, 3.8) is 0 Å². The van der Waals surface area contributed by atoms with Gasteiger partial charge in [0.1, 0.15) is 0 Å². The molecule has 0 spiro atoms. The van der Waals surface area contributed by atoms with Gasteiger partial charge in [0.2, 0.25) is 5.91 Å². The van der Waals surface area contributed by atoms with E-state index >= 15 is 0 Å². The van der Waals surface area contributed by atoms with Crippen LogP contribution in [0.5, 0.6) is 0 Å². The number of nitrogens with zero attached hydrogens (tertiary/aromatic N) is 2. The molecular formula is C26H29N3O3. The second-order valence-corrected chi connectivity index (χ2v) is 8.32. The monoisotopic (exact) mass is 431 g/mol. The number of aliphatic hydroxyl groups is 1. The Balaban J connectivity index is 1.68. The molecule has 6 heteroatoms. The summed E-state index contributed by atoms with van der Waals surface area (Å²) in [6.45, 7) is 3.36. The number of aliphatic hydroxyl groups excluding tert-OH is 1. The molecule has 1 heterocycles. The molecule has 0 radical (unpaired) electrons. The Hall–Kier alpha value is -3.51. The molecule has 32 heavy (non-hydrogen) atoms. The fraction of sp³-hybridized carbons (Fsp3) is 0.269. The summed E-state index contributed by atoms with van der Waals surface area (Å²) in [7, 11) is 0. The third-order valence-electron chi connectivity index (χ3n) is 4.96.